The summed E-state index contributed by atoms with van der Waals surface area (Å²) in [6, 6.07) is 5.10. The van der Waals surface area contributed by atoms with E-state index in [-0.39, 0.29) is 13.0 Å². The highest BCUT2D eigenvalue weighted by molar-refractivity contribution is 9.10. The molecule has 116 valence electrons. The first-order valence-corrected chi connectivity index (χ1v) is 7.32. The molecule has 0 radical (unpaired) electrons. The number of alkyl halides is 2. The Bertz CT molecular complexity index is 525. The zero-order chi connectivity index (χ0) is 15.5. The van der Waals surface area contributed by atoms with Crippen LogP contribution in [0, 0.1) is 0 Å². The maximum Gasteiger partial charge on any atom is 0.265 e. The van der Waals surface area contributed by atoms with Crippen LogP contribution in [-0.2, 0) is 4.79 Å². The van der Waals surface area contributed by atoms with Gasteiger partial charge in [0.05, 0.1) is 18.1 Å². The van der Waals surface area contributed by atoms with Gasteiger partial charge in [-0.1, -0.05) is 0 Å². The molecule has 1 aliphatic rings. The third-order valence-corrected chi connectivity index (χ3v) is 3.89. The summed E-state index contributed by atoms with van der Waals surface area (Å²) in [5.74, 6) is -2.22. The van der Waals surface area contributed by atoms with Crippen molar-refractivity contribution in [2.75, 3.05) is 26.8 Å². The predicted molar refractivity (Wildman–Crippen MR) is 77.0 cm³/mol. The fraction of sp³-hybridized carbons (Fsp3) is 0.500. The molecule has 4 nitrogen and oxygen atoms in total. The largest absolute Gasteiger partial charge is 0.497 e. The summed E-state index contributed by atoms with van der Waals surface area (Å²) in [6.45, 7) is -0.465. The number of piperidine rings is 1. The number of hydrogen-bond donors (Lipinski definition) is 0. The lowest BCUT2D eigenvalue weighted by molar-refractivity contribution is -0.143. The van der Waals surface area contributed by atoms with Crippen molar-refractivity contribution in [2.45, 2.75) is 18.8 Å². The molecule has 1 fully saturated rings. The van der Waals surface area contributed by atoms with Gasteiger partial charge in [-0.15, -0.1) is 0 Å². The van der Waals surface area contributed by atoms with Crippen molar-refractivity contribution in [3.63, 3.8) is 0 Å². The Labute approximate surface area is 130 Å². The van der Waals surface area contributed by atoms with E-state index in [1.165, 1.54) is 7.11 Å². The van der Waals surface area contributed by atoms with Crippen molar-refractivity contribution in [3.05, 3.63) is 22.7 Å². The van der Waals surface area contributed by atoms with Crippen molar-refractivity contribution < 1.29 is 23.0 Å². The number of rotatable bonds is 4. The molecule has 0 aromatic heterocycles. The van der Waals surface area contributed by atoms with Gasteiger partial charge in [0.1, 0.15) is 11.5 Å². The molecule has 1 aliphatic heterocycles. The molecule has 1 saturated heterocycles. The van der Waals surface area contributed by atoms with Crippen LogP contribution >= 0.6 is 15.9 Å². The number of carbonyl (C=O) groups is 1. The molecular formula is C14H16BrF2NO3. The number of nitrogens with zero attached hydrogens (tertiary/aromatic N) is 1. The molecule has 0 unspecified atom stereocenters. The molecule has 1 aromatic carbocycles. The van der Waals surface area contributed by atoms with E-state index in [9.17, 15) is 13.6 Å². The lowest BCUT2D eigenvalue weighted by atomic mass is 10.1. The monoisotopic (exact) mass is 363 g/mol. The number of carbonyl (C=O) groups excluding carboxylic acids is 1. The average molecular weight is 364 g/mol. The van der Waals surface area contributed by atoms with Gasteiger partial charge in [0.25, 0.3) is 11.8 Å². The van der Waals surface area contributed by atoms with Crippen LogP contribution in [0.4, 0.5) is 8.78 Å². The summed E-state index contributed by atoms with van der Waals surface area (Å²) in [7, 11) is 1.52. The molecule has 1 amide bonds. The van der Waals surface area contributed by atoms with Gasteiger partial charge >= 0.3 is 0 Å². The second kappa shape index (κ2) is 6.60. The van der Waals surface area contributed by atoms with E-state index >= 15 is 0 Å². The van der Waals surface area contributed by atoms with Crippen LogP contribution in [0.5, 0.6) is 11.5 Å². The first-order valence-electron chi connectivity index (χ1n) is 6.53. The molecule has 0 atom stereocenters. The molecule has 1 heterocycles. The standard InChI is InChI=1S/C14H16BrF2NO3/c1-20-10-3-4-11(15)12(7-10)21-8-13(19)18-6-2-5-14(16,17)9-18/h3-4,7H,2,5-6,8-9H2,1H3. The number of halogens is 3. The van der Waals surface area contributed by atoms with Crippen LogP contribution in [0.25, 0.3) is 0 Å². The summed E-state index contributed by atoms with van der Waals surface area (Å²) in [5, 5.41) is 0. The summed E-state index contributed by atoms with van der Waals surface area (Å²) >= 11 is 3.30. The van der Waals surface area contributed by atoms with Crippen molar-refractivity contribution in [1.29, 1.82) is 0 Å². The van der Waals surface area contributed by atoms with Crippen LogP contribution in [0.2, 0.25) is 0 Å². The lowest BCUT2D eigenvalue weighted by Gasteiger charge is -2.32. The number of amides is 1. The summed E-state index contributed by atoms with van der Waals surface area (Å²) in [4.78, 5) is 13.1. The van der Waals surface area contributed by atoms with Gasteiger partial charge in [-0.25, -0.2) is 8.78 Å². The van der Waals surface area contributed by atoms with Crippen molar-refractivity contribution >= 4 is 21.8 Å². The van der Waals surface area contributed by atoms with E-state index in [1.807, 2.05) is 0 Å². The zero-order valence-corrected chi connectivity index (χ0v) is 13.2. The van der Waals surface area contributed by atoms with E-state index in [1.54, 1.807) is 18.2 Å². The molecule has 0 spiro atoms. The van der Waals surface area contributed by atoms with Crippen LogP contribution in [0.15, 0.2) is 22.7 Å². The maximum absolute atomic E-state index is 13.3. The Balaban J connectivity index is 1.95. The van der Waals surface area contributed by atoms with Gasteiger partial charge in [-0.05, 0) is 34.5 Å². The van der Waals surface area contributed by atoms with E-state index in [4.69, 9.17) is 9.47 Å². The van der Waals surface area contributed by atoms with Crippen LogP contribution in [0.3, 0.4) is 0 Å². The number of methoxy groups -OCH3 is 1. The molecule has 0 bridgehead atoms. The Kier molecular flexibility index (Phi) is 5.03. The Morgan fingerprint density at radius 3 is 2.90 bits per heavy atom. The minimum absolute atomic E-state index is 0.168. The van der Waals surface area contributed by atoms with Crippen molar-refractivity contribution in [3.8, 4) is 11.5 Å². The smallest absolute Gasteiger partial charge is 0.265 e. The van der Waals surface area contributed by atoms with Crippen molar-refractivity contribution in [2.24, 2.45) is 0 Å². The number of benzene rings is 1. The summed E-state index contributed by atoms with van der Waals surface area (Å²) < 4.78 is 37.7. The fourth-order valence-corrected chi connectivity index (χ4v) is 2.49. The van der Waals surface area contributed by atoms with E-state index < -0.39 is 18.4 Å². The van der Waals surface area contributed by atoms with Gasteiger partial charge in [-0.3, -0.25) is 4.79 Å². The van der Waals surface area contributed by atoms with Gasteiger partial charge in [0.15, 0.2) is 6.61 Å². The SMILES string of the molecule is COc1ccc(Br)c(OCC(=O)N2CCCC(F)(F)C2)c1. The minimum Gasteiger partial charge on any atom is -0.497 e. The molecule has 2 rings (SSSR count). The minimum atomic E-state index is -2.80. The quantitative estimate of drug-likeness (QED) is 0.824. The third-order valence-electron chi connectivity index (χ3n) is 3.23. The Morgan fingerprint density at radius 1 is 1.48 bits per heavy atom. The molecule has 0 N–H and O–H groups in total. The second-order valence-electron chi connectivity index (χ2n) is 4.86. The van der Waals surface area contributed by atoms with Crippen molar-refractivity contribution in [1.82, 2.24) is 4.90 Å². The normalized spacial score (nSPS) is 17.4. The number of ether oxygens (including phenoxy) is 2. The first-order chi connectivity index (χ1) is 9.91. The van der Waals surface area contributed by atoms with Gasteiger partial charge in [0.2, 0.25) is 0 Å². The second-order valence-corrected chi connectivity index (χ2v) is 5.71. The zero-order valence-electron chi connectivity index (χ0n) is 11.6. The van der Waals surface area contributed by atoms with E-state index in [2.05, 4.69) is 15.9 Å². The molecule has 0 saturated carbocycles. The predicted octanol–water partition coefficient (Wildman–Crippen LogP) is 3.09. The van der Waals surface area contributed by atoms with E-state index in [0.717, 1.165) is 4.90 Å². The highest BCUT2D eigenvalue weighted by atomic mass is 79.9. The highest BCUT2D eigenvalue weighted by Gasteiger charge is 2.37. The fourth-order valence-electron chi connectivity index (χ4n) is 2.13. The molecule has 7 heteroatoms. The highest BCUT2D eigenvalue weighted by Crippen LogP contribution is 2.30. The lowest BCUT2D eigenvalue weighted by Crippen LogP contribution is -2.47. The Morgan fingerprint density at radius 2 is 2.24 bits per heavy atom. The van der Waals surface area contributed by atoms with E-state index in [0.29, 0.717) is 28.9 Å². The molecule has 21 heavy (non-hydrogen) atoms. The van der Waals surface area contributed by atoms with Gasteiger partial charge in [-0.2, -0.15) is 0 Å². The number of hydrogen-bond acceptors (Lipinski definition) is 3. The molecule has 1 aromatic rings. The molecule has 0 aliphatic carbocycles. The Hall–Kier alpha value is -1.37. The first kappa shape index (κ1) is 16.0. The van der Waals surface area contributed by atoms with Gasteiger partial charge in [0, 0.05) is 19.0 Å². The van der Waals surface area contributed by atoms with Gasteiger partial charge < -0.3 is 14.4 Å². The maximum atomic E-state index is 13.3. The van der Waals surface area contributed by atoms with Crippen LogP contribution in [-0.4, -0.2) is 43.5 Å². The summed E-state index contributed by atoms with van der Waals surface area (Å²) in [6.07, 6.45) is 0.140. The topological polar surface area (TPSA) is 38.8 Å². The third kappa shape index (κ3) is 4.30. The summed E-state index contributed by atoms with van der Waals surface area (Å²) in [5.41, 5.74) is 0. The molecular weight excluding hydrogens is 348 g/mol. The van der Waals surface area contributed by atoms with Crippen LogP contribution in [0.1, 0.15) is 12.8 Å². The van der Waals surface area contributed by atoms with Crippen LogP contribution < -0.4 is 9.47 Å². The average Bonchev–Trinajstić information content (AvgIpc) is 2.45. The number of likely N-dealkylation sites (tertiary alicyclic amines) is 1.